The number of hydrogen-bond donors (Lipinski definition) is 0. The molecule has 2 aromatic heterocycles. The fraction of sp³-hybridized carbons (Fsp3) is 0. The second-order valence-electron chi connectivity index (χ2n) is 16.9. The van der Waals surface area contributed by atoms with E-state index in [1.54, 1.807) is 0 Å². The van der Waals surface area contributed by atoms with Crippen LogP contribution in [0.1, 0.15) is 0 Å². The molecule has 11 aromatic carbocycles. The van der Waals surface area contributed by atoms with Crippen molar-refractivity contribution in [3.63, 3.8) is 0 Å². The summed E-state index contributed by atoms with van der Waals surface area (Å²) >= 11 is 0. The van der Waals surface area contributed by atoms with E-state index in [9.17, 15) is 0 Å². The first-order valence-electron chi connectivity index (χ1n) is 21.5. The van der Waals surface area contributed by atoms with Gasteiger partial charge in [-0.3, -0.25) is 0 Å². The molecule has 2 nitrogen and oxygen atoms in total. The van der Waals surface area contributed by atoms with Crippen molar-refractivity contribution in [3.8, 4) is 55.9 Å². The molecule has 2 heterocycles. The van der Waals surface area contributed by atoms with Gasteiger partial charge in [0.25, 0.3) is 0 Å². The van der Waals surface area contributed by atoms with E-state index in [-0.39, 0.29) is 0 Å². The highest BCUT2D eigenvalue weighted by Gasteiger charge is 2.23. The first-order valence-corrected chi connectivity index (χ1v) is 21.5. The van der Waals surface area contributed by atoms with Crippen molar-refractivity contribution in [2.75, 3.05) is 0 Å². The van der Waals surface area contributed by atoms with Crippen LogP contribution in [0.4, 0.5) is 0 Å². The van der Waals surface area contributed by atoms with Crippen molar-refractivity contribution < 1.29 is 0 Å². The molecule has 0 spiro atoms. The summed E-state index contributed by atoms with van der Waals surface area (Å²) in [5, 5.41) is 12.7. The summed E-state index contributed by atoms with van der Waals surface area (Å²) in [5.41, 5.74) is 17.4. The van der Waals surface area contributed by atoms with Gasteiger partial charge in [0.2, 0.25) is 0 Å². The Morgan fingerprint density at radius 1 is 0.242 bits per heavy atom. The standard InChI is InChI=1S/C60H36N2/c1-2-12-43(13-3-1)62-58-32-26-40(36-55(58)53-28-24-38-11-4-5-14-46(38)60(53)62)39-25-31-57-54(35-39)49-17-8-9-20-56(49)61(57)44-27-23-37-21-22-41(33-42(37)34-44)45-29-30-52-48-16-7-6-15-47(48)51-19-10-18-50(45)59(51)52/h1-36H. The van der Waals surface area contributed by atoms with Crippen LogP contribution >= 0.6 is 0 Å². The summed E-state index contributed by atoms with van der Waals surface area (Å²) in [6.45, 7) is 0. The molecule has 0 unspecified atom stereocenters. The van der Waals surface area contributed by atoms with Gasteiger partial charge < -0.3 is 9.13 Å². The van der Waals surface area contributed by atoms with Gasteiger partial charge in [0.15, 0.2) is 0 Å². The van der Waals surface area contributed by atoms with Crippen molar-refractivity contribution in [2.24, 2.45) is 0 Å². The quantitative estimate of drug-likeness (QED) is 0.168. The van der Waals surface area contributed by atoms with Gasteiger partial charge in [0.05, 0.1) is 22.1 Å². The maximum absolute atomic E-state index is 2.44. The van der Waals surface area contributed by atoms with Gasteiger partial charge in [0.1, 0.15) is 0 Å². The van der Waals surface area contributed by atoms with E-state index in [0.29, 0.717) is 0 Å². The minimum atomic E-state index is 1.16. The first kappa shape index (κ1) is 33.6. The highest BCUT2D eigenvalue weighted by molar-refractivity contribution is 6.20. The minimum absolute atomic E-state index is 1.16. The molecule has 13 aromatic rings. The number of para-hydroxylation sites is 2. The minimum Gasteiger partial charge on any atom is -0.309 e. The number of benzene rings is 11. The zero-order valence-electron chi connectivity index (χ0n) is 33.7. The average molecular weight is 785 g/mol. The molecule has 0 amide bonds. The number of aromatic nitrogens is 2. The van der Waals surface area contributed by atoms with E-state index in [0.717, 1.165) is 5.69 Å². The molecule has 1 aliphatic carbocycles. The molecule has 0 radical (unpaired) electrons. The molecule has 286 valence electrons. The SMILES string of the molecule is c1ccc(-n2c3ccc(-c4ccc5c(c4)c4ccccc4n5-c4ccc5ccc(-c6ccc7c8c(cccc68)-c6ccccc6-7)cc5c4)cc3c3ccc4ccccc4c32)cc1. The summed E-state index contributed by atoms with van der Waals surface area (Å²) in [6.07, 6.45) is 0. The Kier molecular flexibility index (Phi) is 6.86. The summed E-state index contributed by atoms with van der Waals surface area (Å²) in [6, 6.07) is 81.0. The van der Waals surface area contributed by atoms with Crippen LogP contribution in [-0.2, 0) is 0 Å². The lowest BCUT2D eigenvalue weighted by atomic mass is 9.93. The van der Waals surface area contributed by atoms with E-state index in [4.69, 9.17) is 0 Å². The molecule has 0 fully saturated rings. The average Bonchev–Trinajstić information content (AvgIpc) is 3.98. The fourth-order valence-electron chi connectivity index (χ4n) is 10.8. The van der Waals surface area contributed by atoms with E-state index in [2.05, 4.69) is 228 Å². The summed E-state index contributed by atoms with van der Waals surface area (Å²) in [5.74, 6) is 0. The van der Waals surface area contributed by atoms with Gasteiger partial charge in [-0.2, -0.15) is 0 Å². The molecule has 62 heavy (non-hydrogen) atoms. The summed E-state index contributed by atoms with van der Waals surface area (Å²) in [7, 11) is 0. The van der Waals surface area contributed by atoms with Crippen LogP contribution in [0.5, 0.6) is 0 Å². The molecular weight excluding hydrogens is 749 g/mol. The van der Waals surface area contributed by atoms with Gasteiger partial charge in [-0.15, -0.1) is 0 Å². The van der Waals surface area contributed by atoms with E-state index < -0.39 is 0 Å². The Hall–Kier alpha value is -8.20. The van der Waals surface area contributed by atoms with Crippen LogP contribution in [0.15, 0.2) is 218 Å². The Balaban J connectivity index is 0.909. The van der Waals surface area contributed by atoms with Crippen LogP contribution in [0.25, 0.3) is 132 Å². The van der Waals surface area contributed by atoms with E-state index in [1.165, 1.54) is 126 Å². The third-order valence-electron chi connectivity index (χ3n) is 13.6. The summed E-state index contributed by atoms with van der Waals surface area (Å²) in [4.78, 5) is 0. The largest absolute Gasteiger partial charge is 0.309 e. The molecule has 1 aliphatic rings. The molecule has 0 saturated carbocycles. The lowest BCUT2D eigenvalue weighted by molar-refractivity contribution is 1.19. The van der Waals surface area contributed by atoms with Crippen molar-refractivity contribution in [1.29, 1.82) is 0 Å². The lowest BCUT2D eigenvalue weighted by Gasteiger charge is -2.13. The number of fused-ring (bicyclic) bond motifs is 12. The maximum atomic E-state index is 2.44. The fourth-order valence-corrected chi connectivity index (χ4v) is 10.8. The predicted octanol–water partition coefficient (Wildman–Crippen LogP) is 16.3. The maximum Gasteiger partial charge on any atom is 0.0619 e. The van der Waals surface area contributed by atoms with Crippen LogP contribution in [0.3, 0.4) is 0 Å². The van der Waals surface area contributed by atoms with Crippen molar-refractivity contribution in [2.45, 2.75) is 0 Å². The summed E-state index contributed by atoms with van der Waals surface area (Å²) < 4.78 is 4.88. The molecule has 0 atom stereocenters. The van der Waals surface area contributed by atoms with Gasteiger partial charge in [-0.1, -0.05) is 158 Å². The molecular formula is C60H36N2. The van der Waals surface area contributed by atoms with E-state index in [1.807, 2.05) is 0 Å². The van der Waals surface area contributed by atoms with Crippen LogP contribution in [0, 0.1) is 0 Å². The molecule has 0 N–H and O–H groups in total. The zero-order chi connectivity index (χ0) is 40.5. The zero-order valence-corrected chi connectivity index (χ0v) is 33.7. The highest BCUT2D eigenvalue weighted by atomic mass is 15.0. The number of hydrogen-bond acceptors (Lipinski definition) is 0. The first-order chi connectivity index (χ1) is 30.7. The van der Waals surface area contributed by atoms with Crippen molar-refractivity contribution in [1.82, 2.24) is 9.13 Å². The normalized spacial score (nSPS) is 12.2. The van der Waals surface area contributed by atoms with E-state index >= 15 is 0 Å². The smallest absolute Gasteiger partial charge is 0.0619 e. The second-order valence-corrected chi connectivity index (χ2v) is 16.9. The van der Waals surface area contributed by atoms with Crippen molar-refractivity contribution >= 4 is 75.9 Å². The molecule has 0 saturated heterocycles. The van der Waals surface area contributed by atoms with Crippen LogP contribution in [-0.4, -0.2) is 9.13 Å². The Morgan fingerprint density at radius 2 is 0.839 bits per heavy atom. The Morgan fingerprint density at radius 3 is 1.68 bits per heavy atom. The van der Waals surface area contributed by atoms with Gasteiger partial charge in [-0.05, 0) is 132 Å². The Labute approximate surface area is 357 Å². The van der Waals surface area contributed by atoms with Crippen molar-refractivity contribution in [3.05, 3.63) is 218 Å². The number of nitrogens with zero attached hydrogens (tertiary/aromatic N) is 2. The lowest BCUT2D eigenvalue weighted by Crippen LogP contribution is -1.94. The monoisotopic (exact) mass is 784 g/mol. The Bertz CT molecular complexity index is 4000. The number of rotatable bonds is 4. The molecule has 14 rings (SSSR count). The third-order valence-corrected chi connectivity index (χ3v) is 13.6. The van der Waals surface area contributed by atoms with Crippen LogP contribution < -0.4 is 0 Å². The van der Waals surface area contributed by atoms with Crippen LogP contribution in [0.2, 0.25) is 0 Å². The van der Waals surface area contributed by atoms with Gasteiger partial charge in [-0.25, -0.2) is 0 Å². The van der Waals surface area contributed by atoms with Gasteiger partial charge in [0, 0.05) is 38.3 Å². The predicted molar refractivity (Wildman–Crippen MR) is 263 cm³/mol. The van der Waals surface area contributed by atoms with Gasteiger partial charge >= 0.3 is 0 Å². The second kappa shape index (κ2) is 12.7. The molecule has 2 heteroatoms. The molecule has 0 bridgehead atoms. The third kappa shape index (κ3) is 4.69. The molecule has 0 aliphatic heterocycles. The highest BCUT2D eigenvalue weighted by Crippen LogP contribution is 2.49. The topological polar surface area (TPSA) is 9.86 Å².